The molecule has 0 unspecified atom stereocenters. The second-order valence-corrected chi connectivity index (χ2v) is 9.49. The maximum absolute atomic E-state index is 13.9. The number of nitrogens with one attached hydrogen (secondary N) is 1. The van der Waals surface area contributed by atoms with Gasteiger partial charge in [0.2, 0.25) is 11.8 Å². The van der Waals surface area contributed by atoms with Gasteiger partial charge in [0.25, 0.3) is 0 Å². The van der Waals surface area contributed by atoms with Crippen molar-refractivity contribution in [3.63, 3.8) is 0 Å². The van der Waals surface area contributed by atoms with E-state index in [4.69, 9.17) is 16.2 Å². The molecule has 1 aliphatic carbocycles. The van der Waals surface area contributed by atoms with Crippen LogP contribution in [0.2, 0.25) is 0 Å². The molecule has 8 heteroatoms. The second-order valence-electron chi connectivity index (χ2n) is 9.49. The molecule has 0 aromatic heterocycles. The number of nitrogens with two attached hydrogens (primary N) is 2. The second kappa shape index (κ2) is 12.9. The van der Waals surface area contributed by atoms with E-state index >= 15 is 0 Å². The third-order valence-corrected chi connectivity index (χ3v) is 7.21. The van der Waals surface area contributed by atoms with Gasteiger partial charge in [0.05, 0.1) is 12.6 Å². The lowest BCUT2D eigenvalue weighted by atomic mass is 9.74. The monoisotopic (exact) mass is 472 g/mol. The summed E-state index contributed by atoms with van der Waals surface area (Å²) in [5, 5.41) is 3.33. The highest BCUT2D eigenvalue weighted by molar-refractivity contribution is 5.90. The first-order valence-electron chi connectivity index (χ1n) is 12.7. The third-order valence-electron chi connectivity index (χ3n) is 7.21. The molecule has 1 aromatic rings. The molecule has 3 fully saturated rings. The van der Waals surface area contributed by atoms with Gasteiger partial charge in [-0.05, 0) is 76.3 Å². The molecule has 5 N–H and O–H groups in total. The maximum atomic E-state index is 13.9. The number of amides is 2. The number of ether oxygens (including phenoxy) is 1. The van der Waals surface area contributed by atoms with Gasteiger partial charge in [-0.3, -0.25) is 19.7 Å². The summed E-state index contributed by atoms with van der Waals surface area (Å²) < 4.78 is 5.33. The number of carbonyl (C=O) groups excluding carboxylic acids is 3. The molecule has 1 saturated carbocycles. The molecule has 188 valence electrons. The summed E-state index contributed by atoms with van der Waals surface area (Å²) >= 11 is 0. The smallest absolute Gasteiger partial charge is 0.323 e. The van der Waals surface area contributed by atoms with Crippen LogP contribution < -0.4 is 16.8 Å². The summed E-state index contributed by atoms with van der Waals surface area (Å²) in [6, 6.07) is 8.18. The molecular formula is C26H40N4O4. The Morgan fingerprint density at radius 3 is 2.38 bits per heavy atom. The fourth-order valence-electron chi connectivity index (χ4n) is 5.50. The summed E-state index contributed by atoms with van der Waals surface area (Å²) in [6.45, 7) is 2.58. The molecule has 34 heavy (non-hydrogen) atoms. The van der Waals surface area contributed by atoms with Crippen LogP contribution in [0.4, 0.5) is 0 Å². The van der Waals surface area contributed by atoms with Gasteiger partial charge in [-0.15, -0.1) is 0 Å². The minimum atomic E-state index is -0.624. The highest BCUT2D eigenvalue weighted by Crippen LogP contribution is 2.40. The Morgan fingerprint density at radius 1 is 1.06 bits per heavy atom. The molecule has 3 atom stereocenters. The number of fused-ring (bicyclic) bond motifs is 3. The average Bonchev–Trinajstić information content (AvgIpc) is 2.86. The van der Waals surface area contributed by atoms with Crippen LogP contribution in [0.3, 0.4) is 0 Å². The number of hydrogen-bond acceptors (Lipinski definition) is 6. The van der Waals surface area contributed by atoms with Crippen LogP contribution in [0, 0.1) is 5.92 Å². The van der Waals surface area contributed by atoms with Crippen molar-refractivity contribution in [3.05, 3.63) is 35.9 Å². The summed E-state index contributed by atoms with van der Waals surface area (Å²) in [5.41, 5.74) is 12.6. The van der Waals surface area contributed by atoms with E-state index < -0.39 is 24.0 Å². The lowest BCUT2D eigenvalue weighted by molar-refractivity contribution is -0.155. The zero-order valence-corrected chi connectivity index (χ0v) is 20.3. The summed E-state index contributed by atoms with van der Waals surface area (Å²) in [6.07, 6.45) is 6.90. The van der Waals surface area contributed by atoms with Crippen LogP contribution in [0.25, 0.3) is 0 Å². The number of benzene rings is 1. The molecule has 2 heterocycles. The van der Waals surface area contributed by atoms with Crippen LogP contribution >= 0.6 is 0 Å². The molecule has 4 rings (SSSR count). The van der Waals surface area contributed by atoms with Gasteiger partial charge in [-0.25, -0.2) is 0 Å². The highest BCUT2D eigenvalue weighted by atomic mass is 16.5. The van der Waals surface area contributed by atoms with Gasteiger partial charge in [-0.1, -0.05) is 36.8 Å². The van der Waals surface area contributed by atoms with Crippen molar-refractivity contribution in [2.24, 2.45) is 17.4 Å². The first kappa shape index (κ1) is 26.2. The first-order chi connectivity index (χ1) is 16.5. The number of primary amides is 1. The Morgan fingerprint density at radius 2 is 1.76 bits per heavy atom. The van der Waals surface area contributed by atoms with Crippen molar-refractivity contribution >= 4 is 17.8 Å². The minimum absolute atomic E-state index is 0.0270. The molecule has 1 aromatic carbocycles. The van der Waals surface area contributed by atoms with E-state index in [1.807, 2.05) is 30.3 Å². The number of nitrogens with zero attached hydrogens (tertiary/aromatic N) is 1. The van der Waals surface area contributed by atoms with E-state index in [2.05, 4.69) is 5.32 Å². The molecule has 2 amide bonds. The lowest BCUT2D eigenvalue weighted by Gasteiger charge is -2.51. The molecule has 3 aliphatic rings. The molecule has 0 spiro atoms. The van der Waals surface area contributed by atoms with Crippen LogP contribution in [-0.4, -0.2) is 60.0 Å². The van der Waals surface area contributed by atoms with E-state index in [-0.39, 0.29) is 30.4 Å². The lowest BCUT2D eigenvalue weighted by Crippen LogP contribution is -2.65. The summed E-state index contributed by atoms with van der Waals surface area (Å²) in [4.78, 5) is 40.8. The van der Waals surface area contributed by atoms with Gasteiger partial charge in [0.1, 0.15) is 12.1 Å². The molecule has 2 bridgehead atoms. The number of carbonyl (C=O) groups is 3. The number of rotatable bonds is 13. The van der Waals surface area contributed by atoms with E-state index in [9.17, 15) is 14.4 Å². The Labute approximate surface area is 202 Å². The molecule has 2 aliphatic heterocycles. The van der Waals surface area contributed by atoms with Gasteiger partial charge >= 0.3 is 5.97 Å². The van der Waals surface area contributed by atoms with Crippen molar-refractivity contribution in [2.45, 2.75) is 88.9 Å². The van der Waals surface area contributed by atoms with Crippen molar-refractivity contribution in [2.75, 3.05) is 13.2 Å². The van der Waals surface area contributed by atoms with Gasteiger partial charge in [0.15, 0.2) is 0 Å². The highest BCUT2D eigenvalue weighted by Gasteiger charge is 2.48. The molecular weight excluding hydrogens is 432 g/mol. The van der Waals surface area contributed by atoms with Crippen LogP contribution in [0.5, 0.6) is 0 Å². The largest absolute Gasteiger partial charge is 0.465 e. The number of unbranched alkanes of at least 4 members (excludes halogenated alkanes) is 1. The normalized spacial score (nSPS) is 23.4. The number of aryl methyl sites for hydroxylation is 1. The standard InChI is InChI=1S/C26H40N4O4/c1-2-34-26(33)22(16-11-18-8-4-3-5-9-18)29-21(10-6-7-17-27)25(32)30-20-14-12-19(13-15-20)23(30)24(28)31/h3-5,8-9,19-23,29H,2,6-7,10-17,27H2,1H3,(H2,28,31)/t19?,20?,21-,22-,23-/m0/s1. The predicted molar refractivity (Wildman–Crippen MR) is 131 cm³/mol. The van der Waals surface area contributed by atoms with Crippen molar-refractivity contribution < 1.29 is 19.1 Å². The molecule has 8 nitrogen and oxygen atoms in total. The fraction of sp³-hybridized carbons (Fsp3) is 0.654. The molecule has 0 radical (unpaired) electrons. The number of esters is 1. The SMILES string of the molecule is CCOC(=O)[C@H](CCc1ccccc1)N[C@@H](CCCCN)C(=O)N1C2CCC(CC2)[C@H]1C(N)=O. The average molecular weight is 473 g/mol. The maximum Gasteiger partial charge on any atom is 0.323 e. The Kier molecular flexibility index (Phi) is 9.89. The van der Waals surface area contributed by atoms with E-state index in [0.717, 1.165) is 44.1 Å². The van der Waals surface area contributed by atoms with Crippen LogP contribution in [-0.2, 0) is 25.5 Å². The number of hydrogen-bond donors (Lipinski definition) is 3. The topological polar surface area (TPSA) is 128 Å². The Hall–Kier alpha value is -2.45. The van der Waals surface area contributed by atoms with Crippen molar-refractivity contribution in [1.82, 2.24) is 10.2 Å². The Bertz CT molecular complexity index is 810. The summed E-state index contributed by atoms with van der Waals surface area (Å²) in [7, 11) is 0. The van der Waals surface area contributed by atoms with E-state index in [1.54, 1.807) is 11.8 Å². The van der Waals surface area contributed by atoms with Gasteiger partial charge in [-0.2, -0.15) is 0 Å². The van der Waals surface area contributed by atoms with Gasteiger partial charge < -0.3 is 21.1 Å². The number of piperidine rings is 2. The summed E-state index contributed by atoms with van der Waals surface area (Å²) in [5.74, 6) is -0.810. The van der Waals surface area contributed by atoms with E-state index in [1.165, 1.54) is 0 Å². The third kappa shape index (κ3) is 6.57. The van der Waals surface area contributed by atoms with Gasteiger partial charge in [0, 0.05) is 6.04 Å². The van der Waals surface area contributed by atoms with Crippen LogP contribution in [0.1, 0.15) is 63.9 Å². The van der Waals surface area contributed by atoms with E-state index in [0.29, 0.717) is 25.8 Å². The fourth-order valence-corrected chi connectivity index (χ4v) is 5.50. The first-order valence-corrected chi connectivity index (χ1v) is 12.7. The minimum Gasteiger partial charge on any atom is -0.465 e. The molecule has 2 saturated heterocycles. The van der Waals surface area contributed by atoms with Crippen molar-refractivity contribution in [1.29, 1.82) is 0 Å². The zero-order chi connectivity index (χ0) is 24.5. The Balaban J connectivity index is 1.79. The zero-order valence-electron chi connectivity index (χ0n) is 20.3. The van der Waals surface area contributed by atoms with Crippen molar-refractivity contribution in [3.8, 4) is 0 Å². The quantitative estimate of drug-likeness (QED) is 0.297. The predicted octanol–water partition coefficient (Wildman–Crippen LogP) is 1.89. The van der Waals surface area contributed by atoms with Crippen LogP contribution in [0.15, 0.2) is 30.3 Å².